The molecule has 2 heterocycles. The van der Waals surface area contributed by atoms with Crippen LogP contribution in [-0.4, -0.2) is 61.8 Å². The third-order valence-electron chi connectivity index (χ3n) is 3.86. The van der Waals surface area contributed by atoms with Gasteiger partial charge in [0.1, 0.15) is 5.54 Å². The fourth-order valence-corrected chi connectivity index (χ4v) is 2.67. The fraction of sp³-hybridized carbons (Fsp3) is 0.917. The standard InChI is InChI=1S/C12H21N3O/c1-14-5-7-15(8-6-14)12(11-13)3-2-9-16-10-4-12/h2-10H2,1H3. The zero-order valence-corrected chi connectivity index (χ0v) is 10.1. The number of hydrogen-bond acceptors (Lipinski definition) is 4. The lowest BCUT2D eigenvalue weighted by Crippen LogP contribution is -2.56. The molecule has 16 heavy (non-hydrogen) atoms. The van der Waals surface area contributed by atoms with Crippen molar-refractivity contribution in [1.29, 1.82) is 5.26 Å². The van der Waals surface area contributed by atoms with E-state index in [1.165, 1.54) is 0 Å². The Bertz CT molecular complexity index is 258. The van der Waals surface area contributed by atoms with E-state index in [-0.39, 0.29) is 5.54 Å². The molecule has 1 unspecified atom stereocenters. The normalized spacial score (nSPS) is 34.2. The van der Waals surface area contributed by atoms with Gasteiger partial charge in [0.05, 0.1) is 6.07 Å². The molecule has 2 fully saturated rings. The lowest BCUT2D eigenvalue weighted by molar-refractivity contribution is 0.0575. The van der Waals surface area contributed by atoms with Gasteiger partial charge in [-0.3, -0.25) is 4.90 Å². The summed E-state index contributed by atoms with van der Waals surface area (Å²) >= 11 is 0. The van der Waals surface area contributed by atoms with Crippen molar-refractivity contribution in [2.24, 2.45) is 0 Å². The minimum Gasteiger partial charge on any atom is -0.381 e. The Hall–Kier alpha value is -0.630. The van der Waals surface area contributed by atoms with Crippen LogP contribution in [0.3, 0.4) is 0 Å². The second-order valence-corrected chi connectivity index (χ2v) is 4.90. The van der Waals surface area contributed by atoms with E-state index in [0.717, 1.165) is 58.7 Å². The van der Waals surface area contributed by atoms with Crippen LogP contribution < -0.4 is 0 Å². The second kappa shape index (κ2) is 5.13. The third kappa shape index (κ3) is 2.37. The van der Waals surface area contributed by atoms with Crippen LogP contribution in [0.4, 0.5) is 0 Å². The van der Waals surface area contributed by atoms with Crippen molar-refractivity contribution in [3.8, 4) is 6.07 Å². The van der Waals surface area contributed by atoms with Crippen molar-refractivity contribution in [3.05, 3.63) is 0 Å². The fourth-order valence-electron chi connectivity index (χ4n) is 2.67. The van der Waals surface area contributed by atoms with Gasteiger partial charge in [-0.2, -0.15) is 5.26 Å². The van der Waals surface area contributed by atoms with Gasteiger partial charge in [0.25, 0.3) is 0 Å². The molecule has 0 spiro atoms. The lowest BCUT2D eigenvalue weighted by atomic mass is 9.89. The lowest BCUT2D eigenvalue weighted by Gasteiger charge is -2.42. The van der Waals surface area contributed by atoms with E-state index in [4.69, 9.17) is 4.74 Å². The third-order valence-corrected chi connectivity index (χ3v) is 3.86. The van der Waals surface area contributed by atoms with E-state index >= 15 is 0 Å². The summed E-state index contributed by atoms with van der Waals surface area (Å²) in [5.74, 6) is 0. The predicted molar refractivity (Wildman–Crippen MR) is 62.1 cm³/mol. The van der Waals surface area contributed by atoms with Crippen molar-refractivity contribution < 1.29 is 4.74 Å². The highest BCUT2D eigenvalue weighted by molar-refractivity contribution is 5.09. The molecule has 2 aliphatic heterocycles. The monoisotopic (exact) mass is 223 g/mol. The Morgan fingerprint density at radius 1 is 1.12 bits per heavy atom. The van der Waals surface area contributed by atoms with Crippen LogP contribution in [-0.2, 0) is 4.74 Å². The van der Waals surface area contributed by atoms with Crippen LogP contribution in [0.5, 0.6) is 0 Å². The van der Waals surface area contributed by atoms with E-state index in [1.54, 1.807) is 0 Å². The summed E-state index contributed by atoms with van der Waals surface area (Å²) in [6.07, 6.45) is 2.85. The zero-order valence-electron chi connectivity index (χ0n) is 10.1. The van der Waals surface area contributed by atoms with E-state index in [1.807, 2.05) is 0 Å². The molecule has 0 aromatic carbocycles. The molecule has 0 bridgehead atoms. The van der Waals surface area contributed by atoms with Gasteiger partial charge in [0.15, 0.2) is 0 Å². The number of rotatable bonds is 1. The van der Waals surface area contributed by atoms with Crippen LogP contribution in [0.1, 0.15) is 19.3 Å². The molecule has 0 aromatic rings. The van der Waals surface area contributed by atoms with Crippen LogP contribution in [0.2, 0.25) is 0 Å². The largest absolute Gasteiger partial charge is 0.381 e. The average Bonchev–Trinajstić information content (AvgIpc) is 2.56. The number of hydrogen-bond donors (Lipinski definition) is 0. The topological polar surface area (TPSA) is 39.5 Å². The molecular formula is C12H21N3O. The van der Waals surface area contributed by atoms with Gasteiger partial charge in [-0.1, -0.05) is 0 Å². The molecular weight excluding hydrogens is 202 g/mol. The van der Waals surface area contributed by atoms with Gasteiger partial charge in [-0.15, -0.1) is 0 Å². The van der Waals surface area contributed by atoms with Crippen molar-refractivity contribution in [2.45, 2.75) is 24.8 Å². The SMILES string of the molecule is CN1CCN(C2(C#N)CCCOCC2)CC1. The molecule has 4 nitrogen and oxygen atoms in total. The molecule has 0 radical (unpaired) electrons. The minimum absolute atomic E-state index is 0.252. The van der Waals surface area contributed by atoms with Crippen LogP contribution >= 0.6 is 0 Å². The van der Waals surface area contributed by atoms with E-state index in [9.17, 15) is 5.26 Å². The van der Waals surface area contributed by atoms with Gasteiger partial charge in [-0.25, -0.2) is 0 Å². The molecule has 0 aliphatic carbocycles. The number of nitrogens with zero attached hydrogens (tertiary/aromatic N) is 3. The Balaban J connectivity index is 2.05. The first-order valence-corrected chi connectivity index (χ1v) is 6.19. The molecule has 2 aliphatic rings. The highest BCUT2D eigenvalue weighted by Crippen LogP contribution is 2.28. The van der Waals surface area contributed by atoms with Crippen molar-refractivity contribution in [2.75, 3.05) is 46.4 Å². The maximum Gasteiger partial charge on any atom is 0.111 e. The van der Waals surface area contributed by atoms with Gasteiger partial charge < -0.3 is 9.64 Å². The minimum atomic E-state index is -0.252. The average molecular weight is 223 g/mol. The van der Waals surface area contributed by atoms with E-state index in [2.05, 4.69) is 22.9 Å². The molecule has 0 aromatic heterocycles. The molecule has 0 N–H and O–H groups in total. The highest BCUT2D eigenvalue weighted by Gasteiger charge is 2.38. The Labute approximate surface area is 97.8 Å². The summed E-state index contributed by atoms with van der Waals surface area (Å²) in [5.41, 5.74) is -0.252. The Morgan fingerprint density at radius 2 is 1.88 bits per heavy atom. The highest BCUT2D eigenvalue weighted by atomic mass is 16.5. The van der Waals surface area contributed by atoms with Crippen molar-refractivity contribution in [1.82, 2.24) is 9.80 Å². The first-order chi connectivity index (χ1) is 7.77. The smallest absolute Gasteiger partial charge is 0.111 e. The van der Waals surface area contributed by atoms with Gasteiger partial charge >= 0.3 is 0 Å². The first kappa shape index (κ1) is 11.8. The number of ether oxygens (including phenoxy) is 1. The van der Waals surface area contributed by atoms with Crippen LogP contribution in [0.25, 0.3) is 0 Å². The summed E-state index contributed by atoms with van der Waals surface area (Å²) in [6.45, 7) is 5.74. The zero-order chi connectivity index (χ0) is 11.4. The molecule has 2 saturated heterocycles. The maximum absolute atomic E-state index is 9.52. The number of nitriles is 1. The Kier molecular flexibility index (Phi) is 3.80. The summed E-state index contributed by atoms with van der Waals surface area (Å²) < 4.78 is 5.48. The van der Waals surface area contributed by atoms with E-state index in [0.29, 0.717) is 0 Å². The summed E-state index contributed by atoms with van der Waals surface area (Å²) in [5, 5.41) is 9.52. The van der Waals surface area contributed by atoms with Gasteiger partial charge in [0, 0.05) is 45.8 Å². The Morgan fingerprint density at radius 3 is 2.56 bits per heavy atom. The second-order valence-electron chi connectivity index (χ2n) is 4.90. The van der Waals surface area contributed by atoms with E-state index < -0.39 is 0 Å². The molecule has 90 valence electrons. The predicted octanol–water partition coefficient (Wildman–Crippen LogP) is 0.697. The van der Waals surface area contributed by atoms with Gasteiger partial charge in [-0.05, 0) is 19.9 Å². The number of likely N-dealkylation sites (N-methyl/N-ethyl adjacent to an activating group) is 1. The molecule has 1 atom stereocenters. The molecule has 0 saturated carbocycles. The maximum atomic E-state index is 9.52. The van der Waals surface area contributed by atoms with Crippen LogP contribution in [0.15, 0.2) is 0 Å². The van der Waals surface area contributed by atoms with Crippen LogP contribution in [0, 0.1) is 11.3 Å². The molecule has 0 amide bonds. The molecule has 4 heteroatoms. The van der Waals surface area contributed by atoms with Crippen molar-refractivity contribution in [3.63, 3.8) is 0 Å². The molecule has 2 rings (SSSR count). The number of piperazine rings is 1. The summed E-state index contributed by atoms with van der Waals surface area (Å²) in [4.78, 5) is 4.70. The quantitative estimate of drug-likeness (QED) is 0.656. The first-order valence-electron chi connectivity index (χ1n) is 6.19. The van der Waals surface area contributed by atoms with Gasteiger partial charge in [0.2, 0.25) is 0 Å². The summed E-state index contributed by atoms with van der Waals surface area (Å²) in [7, 11) is 2.15. The summed E-state index contributed by atoms with van der Waals surface area (Å²) in [6, 6.07) is 2.57. The van der Waals surface area contributed by atoms with Crippen molar-refractivity contribution >= 4 is 0 Å².